The number of benzene rings is 2. The van der Waals surface area contributed by atoms with Crippen molar-refractivity contribution in [3.05, 3.63) is 66.5 Å². The van der Waals surface area contributed by atoms with E-state index in [4.69, 9.17) is 4.74 Å². The molecular weight excluding hydrogens is 299 g/mol. The van der Waals surface area contributed by atoms with Crippen molar-refractivity contribution < 1.29 is 9.13 Å². The Morgan fingerprint density at radius 1 is 1.04 bits per heavy atom. The molecule has 24 heavy (non-hydrogen) atoms. The number of hydrogen-bond donors (Lipinski definition) is 0. The van der Waals surface area contributed by atoms with E-state index >= 15 is 0 Å². The molecule has 0 saturated heterocycles. The lowest BCUT2D eigenvalue weighted by Gasteiger charge is -2.26. The molecule has 2 heteroatoms. The van der Waals surface area contributed by atoms with Gasteiger partial charge in [-0.15, -0.1) is 6.58 Å². The summed E-state index contributed by atoms with van der Waals surface area (Å²) in [6.45, 7) is 6.52. The normalized spacial score (nSPS) is 20.6. The van der Waals surface area contributed by atoms with Crippen LogP contribution in [0.4, 0.5) is 4.39 Å². The molecule has 2 aromatic carbocycles. The molecule has 0 atom stereocenters. The van der Waals surface area contributed by atoms with Crippen LogP contribution in [0.3, 0.4) is 0 Å². The van der Waals surface area contributed by atoms with Gasteiger partial charge in [0.05, 0.1) is 6.61 Å². The van der Waals surface area contributed by atoms with E-state index in [2.05, 4.69) is 12.7 Å². The molecule has 0 amide bonds. The van der Waals surface area contributed by atoms with Crippen molar-refractivity contribution in [3.8, 4) is 16.9 Å². The second kappa shape index (κ2) is 7.65. The van der Waals surface area contributed by atoms with Gasteiger partial charge in [-0.2, -0.15) is 0 Å². The summed E-state index contributed by atoms with van der Waals surface area (Å²) in [6.07, 6.45) is 6.68. The molecule has 0 aromatic heterocycles. The molecule has 1 nitrogen and oxygen atoms in total. The zero-order chi connectivity index (χ0) is 16.9. The standard InChI is InChI=1S/C22H25FO/c1-3-17-6-8-18(9-7-17)15-24-22-13-12-20(14-21(22)23)19-10-4-16(2)5-11-19/h3-5,10-14,17-18H,1,6-9,15H2,2H3. The van der Waals surface area contributed by atoms with E-state index in [9.17, 15) is 4.39 Å². The van der Waals surface area contributed by atoms with Crippen molar-refractivity contribution in [2.45, 2.75) is 32.6 Å². The quantitative estimate of drug-likeness (QED) is 0.597. The monoisotopic (exact) mass is 324 g/mol. The van der Waals surface area contributed by atoms with Gasteiger partial charge in [-0.1, -0.05) is 42.0 Å². The molecule has 0 unspecified atom stereocenters. The highest BCUT2D eigenvalue weighted by molar-refractivity contribution is 5.64. The van der Waals surface area contributed by atoms with Crippen LogP contribution in [0.1, 0.15) is 31.2 Å². The summed E-state index contributed by atoms with van der Waals surface area (Å²) in [4.78, 5) is 0. The predicted octanol–water partition coefficient (Wildman–Crippen LogP) is 6.17. The summed E-state index contributed by atoms with van der Waals surface area (Å²) in [5.41, 5.74) is 3.10. The second-order valence-corrected chi connectivity index (χ2v) is 6.84. The second-order valence-electron chi connectivity index (χ2n) is 6.84. The molecule has 126 valence electrons. The van der Waals surface area contributed by atoms with Gasteiger partial charge in [-0.05, 0) is 67.7 Å². The number of rotatable bonds is 5. The van der Waals surface area contributed by atoms with Crippen molar-refractivity contribution in [1.82, 2.24) is 0 Å². The minimum Gasteiger partial charge on any atom is -0.490 e. The van der Waals surface area contributed by atoms with Crippen LogP contribution in [0, 0.1) is 24.6 Å². The molecule has 1 fully saturated rings. The van der Waals surface area contributed by atoms with Gasteiger partial charge in [0.2, 0.25) is 0 Å². The molecule has 0 spiro atoms. The van der Waals surface area contributed by atoms with Gasteiger partial charge in [0.15, 0.2) is 11.6 Å². The van der Waals surface area contributed by atoms with Gasteiger partial charge in [-0.3, -0.25) is 0 Å². The zero-order valence-electron chi connectivity index (χ0n) is 14.3. The van der Waals surface area contributed by atoms with E-state index in [0.29, 0.717) is 24.2 Å². The van der Waals surface area contributed by atoms with E-state index in [1.165, 1.54) is 18.4 Å². The molecular formula is C22H25FO. The Morgan fingerprint density at radius 2 is 1.71 bits per heavy atom. The summed E-state index contributed by atoms with van der Waals surface area (Å²) in [6, 6.07) is 13.4. The molecule has 1 saturated carbocycles. The molecule has 1 aliphatic rings. The Bertz CT molecular complexity index is 682. The number of ether oxygens (including phenoxy) is 1. The van der Waals surface area contributed by atoms with Crippen molar-refractivity contribution in [2.24, 2.45) is 11.8 Å². The number of allylic oxidation sites excluding steroid dienone is 1. The highest BCUT2D eigenvalue weighted by atomic mass is 19.1. The lowest BCUT2D eigenvalue weighted by Crippen LogP contribution is -2.19. The molecule has 0 N–H and O–H groups in total. The first-order chi connectivity index (χ1) is 11.7. The van der Waals surface area contributed by atoms with Crippen LogP contribution < -0.4 is 4.74 Å². The van der Waals surface area contributed by atoms with E-state index in [1.54, 1.807) is 12.1 Å². The summed E-state index contributed by atoms with van der Waals surface area (Å²) in [5, 5.41) is 0. The first-order valence-electron chi connectivity index (χ1n) is 8.77. The maximum absolute atomic E-state index is 14.3. The Balaban J connectivity index is 1.61. The van der Waals surface area contributed by atoms with Crippen molar-refractivity contribution in [1.29, 1.82) is 0 Å². The fourth-order valence-electron chi connectivity index (χ4n) is 3.34. The summed E-state index contributed by atoms with van der Waals surface area (Å²) in [7, 11) is 0. The third-order valence-electron chi connectivity index (χ3n) is 5.02. The van der Waals surface area contributed by atoms with Crippen molar-refractivity contribution in [3.63, 3.8) is 0 Å². The van der Waals surface area contributed by atoms with Gasteiger partial charge >= 0.3 is 0 Å². The van der Waals surface area contributed by atoms with Crippen LogP contribution >= 0.6 is 0 Å². The predicted molar refractivity (Wildman–Crippen MR) is 97.7 cm³/mol. The fraction of sp³-hybridized carbons (Fsp3) is 0.364. The van der Waals surface area contributed by atoms with E-state index < -0.39 is 0 Å². The first kappa shape index (κ1) is 16.8. The molecule has 0 heterocycles. The van der Waals surface area contributed by atoms with Crippen LogP contribution in [0.25, 0.3) is 11.1 Å². The minimum absolute atomic E-state index is 0.284. The van der Waals surface area contributed by atoms with E-state index in [-0.39, 0.29) is 5.82 Å². The third-order valence-corrected chi connectivity index (χ3v) is 5.02. The first-order valence-corrected chi connectivity index (χ1v) is 8.77. The maximum atomic E-state index is 14.3. The third kappa shape index (κ3) is 4.05. The van der Waals surface area contributed by atoms with Crippen LogP contribution in [0.15, 0.2) is 55.1 Å². The van der Waals surface area contributed by atoms with Gasteiger partial charge in [0, 0.05) is 0 Å². The number of aryl methyl sites for hydroxylation is 1. The van der Waals surface area contributed by atoms with Crippen LogP contribution in [-0.2, 0) is 0 Å². The minimum atomic E-state index is -0.284. The van der Waals surface area contributed by atoms with Crippen LogP contribution in [-0.4, -0.2) is 6.61 Å². The molecule has 0 radical (unpaired) electrons. The van der Waals surface area contributed by atoms with Crippen molar-refractivity contribution >= 4 is 0 Å². The van der Waals surface area contributed by atoms with Crippen LogP contribution in [0.5, 0.6) is 5.75 Å². The summed E-state index contributed by atoms with van der Waals surface area (Å²) >= 11 is 0. The van der Waals surface area contributed by atoms with Gasteiger partial charge in [-0.25, -0.2) is 4.39 Å². The zero-order valence-corrected chi connectivity index (χ0v) is 14.3. The summed E-state index contributed by atoms with van der Waals surface area (Å²) < 4.78 is 20.1. The molecule has 3 rings (SSSR count). The van der Waals surface area contributed by atoms with Gasteiger partial charge < -0.3 is 4.74 Å². The SMILES string of the molecule is C=CC1CCC(COc2ccc(-c3ccc(C)cc3)cc2F)CC1. The fourth-order valence-corrected chi connectivity index (χ4v) is 3.34. The highest BCUT2D eigenvalue weighted by Crippen LogP contribution is 2.31. The summed E-state index contributed by atoms with van der Waals surface area (Å²) in [5.74, 6) is 1.24. The Labute approximate surface area is 144 Å². The molecule has 0 bridgehead atoms. The number of hydrogen-bond acceptors (Lipinski definition) is 1. The molecule has 1 aliphatic carbocycles. The lowest BCUT2D eigenvalue weighted by atomic mass is 9.82. The molecule has 0 aliphatic heterocycles. The Kier molecular flexibility index (Phi) is 5.34. The average molecular weight is 324 g/mol. The maximum Gasteiger partial charge on any atom is 0.165 e. The van der Waals surface area contributed by atoms with Gasteiger partial charge in [0.25, 0.3) is 0 Å². The Morgan fingerprint density at radius 3 is 2.33 bits per heavy atom. The van der Waals surface area contributed by atoms with E-state index in [1.807, 2.05) is 37.3 Å². The Hall–Kier alpha value is -2.09. The average Bonchev–Trinajstić information content (AvgIpc) is 2.62. The lowest BCUT2D eigenvalue weighted by molar-refractivity contribution is 0.189. The smallest absolute Gasteiger partial charge is 0.165 e. The largest absolute Gasteiger partial charge is 0.490 e. The molecule has 2 aromatic rings. The van der Waals surface area contributed by atoms with E-state index in [0.717, 1.165) is 24.0 Å². The highest BCUT2D eigenvalue weighted by Gasteiger charge is 2.20. The number of halogens is 1. The topological polar surface area (TPSA) is 9.23 Å². The van der Waals surface area contributed by atoms with Gasteiger partial charge in [0.1, 0.15) is 0 Å². The van der Waals surface area contributed by atoms with Crippen LogP contribution in [0.2, 0.25) is 0 Å². The van der Waals surface area contributed by atoms with Crippen molar-refractivity contribution in [2.75, 3.05) is 6.61 Å².